The van der Waals surface area contributed by atoms with Gasteiger partial charge in [-0.3, -0.25) is 4.79 Å². The highest BCUT2D eigenvalue weighted by Crippen LogP contribution is 2.34. The third kappa shape index (κ3) is 2.99. The van der Waals surface area contributed by atoms with E-state index in [1.807, 2.05) is 65.6 Å². The molecule has 0 spiro atoms. The summed E-state index contributed by atoms with van der Waals surface area (Å²) in [4.78, 5) is 21.3. The third-order valence-electron chi connectivity index (χ3n) is 5.13. The molecule has 3 nitrogen and oxygen atoms in total. The lowest BCUT2D eigenvalue weighted by molar-refractivity contribution is 0.0986. The van der Waals surface area contributed by atoms with E-state index in [-0.39, 0.29) is 5.91 Å². The minimum atomic E-state index is 0.0228. The smallest absolute Gasteiger partial charge is 0.259 e. The molecule has 1 amide bonds. The minimum Gasteiger partial charge on any atom is -0.308 e. The van der Waals surface area contributed by atoms with Crippen molar-refractivity contribution in [3.05, 3.63) is 82.2 Å². The van der Waals surface area contributed by atoms with Gasteiger partial charge in [-0.25, -0.2) is 4.98 Å². The number of carbonyl (C=O) groups is 1. The van der Waals surface area contributed by atoms with Crippen LogP contribution in [-0.4, -0.2) is 17.4 Å². The van der Waals surface area contributed by atoms with Crippen molar-refractivity contribution in [2.24, 2.45) is 0 Å². The van der Waals surface area contributed by atoms with Crippen molar-refractivity contribution in [3.63, 3.8) is 0 Å². The monoisotopic (exact) mass is 404 g/mol. The van der Waals surface area contributed by atoms with Gasteiger partial charge in [-0.1, -0.05) is 48.0 Å². The van der Waals surface area contributed by atoms with Crippen LogP contribution in [0.3, 0.4) is 0 Å². The van der Waals surface area contributed by atoms with E-state index in [2.05, 4.69) is 6.07 Å². The van der Waals surface area contributed by atoms with Gasteiger partial charge in [-0.05, 0) is 48.7 Å². The van der Waals surface area contributed by atoms with Gasteiger partial charge in [-0.15, -0.1) is 11.3 Å². The van der Waals surface area contributed by atoms with Crippen LogP contribution in [0.5, 0.6) is 0 Å². The predicted octanol–water partition coefficient (Wildman–Crippen LogP) is 6.21. The van der Waals surface area contributed by atoms with Crippen LogP contribution in [-0.2, 0) is 6.42 Å². The molecule has 0 unspecified atom stereocenters. The van der Waals surface area contributed by atoms with Crippen molar-refractivity contribution >= 4 is 45.4 Å². The lowest BCUT2D eigenvalue weighted by Crippen LogP contribution is -2.35. The number of aryl methyl sites for hydroxylation is 1. The van der Waals surface area contributed by atoms with Crippen LogP contribution in [0.4, 0.5) is 5.69 Å². The van der Waals surface area contributed by atoms with E-state index < -0.39 is 0 Å². The fraction of sp³-hybridized carbons (Fsp3) is 0.130. The Morgan fingerprint density at radius 3 is 2.71 bits per heavy atom. The number of rotatable bonds is 2. The minimum absolute atomic E-state index is 0.0228. The van der Waals surface area contributed by atoms with E-state index in [1.54, 1.807) is 0 Å². The maximum atomic E-state index is 13.6. The average Bonchev–Trinajstić information content (AvgIpc) is 3.18. The number of hydrogen-bond donors (Lipinski definition) is 0. The highest BCUT2D eigenvalue weighted by atomic mass is 35.5. The highest BCUT2D eigenvalue weighted by molar-refractivity contribution is 7.19. The lowest BCUT2D eigenvalue weighted by atomic mass is 9.99. The summed E-state index contributed by atoms with van der Waals surface area (Å²) in [6, 6.07) is 21.7. The number of amides is 1. The van der Waals surface area contributed by atoms with Gasteiger partial charge in [0.1, 0.15) is 0 Å². The van der Waals surface area contributed by atoms with Gasteiger partial charge in [-0.2, -0.15) is 0 Å². The second kappa shape index (κ2) is 7.04. The maximum absolute atomic E-state index is 13.6. The van der Waals surface area contributed by atoms with Crippen molar-refractivity contribution in [3.8, 4) is 10.6 Å². The summed E-state index contributed by atoms with van der Waals surface area (Å²) in [6.45, 7) is 0.729. The maximum Gasteiger partial charge on any atom is 0.259 e. The molecule has 1 aliphatic heterocycles. The van der Waals surface area contributed by atoms with E-state index in [9.17, 15) is 4.79 Å². The number of pyridine rings is 1. The molecule has 0 radical (unpaired) electrons. The number of fused-ring (bicyclic) bond motifs is 2. The molecule has 0 aliphatic carbocycles. The molecule has 0 bridgehead atoms. The summed E-state index contributed by atoms with van der Waals surface area (Å²) in [5, 5.41) is 0.877. The molecule has 0 saturated heterocycles. The van der Waals surface area contributed by atoms with Crippen LogP contribution in [0.1, 0.15) is 22.3 Å². The summed E-state index contributed by atoms with van der Waals surface area (Å²) >= 11 is 7.60. The van der Waals surface area contributed by atoms with E-state index >= 15 is 0 Å². The van der Waals surface area contributed by atoms with Crippen molar-refractivity contribution < 1.29 is 4.79 Å². The van der Waals surface area contributed by atoms with Crippen molar-refractivity contribution in [1.29, 1.82) is 0 Å². The molecule has 2 aromatic heterocycles. The summed E-state index contributed by atoms with van der Waals surface area (Å²) < 4.78 is 0.711. The van der Waals surface area contributed by atoms with Crippen LogP contribution in [0.25, 0.3) is 21.5 Å². The number of thiophene rings is 1. The third-order valence-corrected chi connectivity index (χ3v) is 6.38. The molecule has 2 aromatic carbocycles. The van der Waals surface area contributed by atoms with Crippen LogP contribution < -0.4 is 4.90 Å². The number of para-hydroxylation sites is 2. The second-order valence-corrected chi connectivity index (χ2v) is 8.58. The molecule has 0 atom stereocenters. The van der Waals surface area contributed by atoms with E-state index in [0.717, 1.165) is 46.5 Å². The second-order valence-electron chi connectivity index (χ2n) is 6.87. The molecular weight excluding hydrogens is 388 g/mol. The molecule has 0 saturated carbocycles. The van der Waals surface area contributed by atoms with Crippen molar-refractivity contribution in [1.82, 2.24) is 4.98 Å². The molecule has 5 heteroatoms. The van der Waals surface area contributed by atoms with Gasteiger partial charge >= 0.3 is 0 Å². The first-order chi connectivity index (χ1) is 13.7. The Hall–Kier alpha value is -2.69. The summed E-state index contributed by atoms with van der Waals surface area (Å²) in [5.74, 6) is 0.0228. The molecule has 0 fully saturated rings. The zero-order valence-corrected chi connectivity index (χ0v) is 16.6. The van der Waals surface area contributed by atoms with Gasteiger partial charge in [0.15, 0.2) is 0 Å². The summed E-state index contributed by atoms with van der Waals surface area (Å²) in [5.41, 5.74) is 4.52. The highest BCUT2D eigenvalue weighted by Gasteiger charge is 2.25. The molecule has 5 rings (SSSR count). The van der Waals surface area contributed by atoms with Gasteiger partial charge in [0, 0.05) is 17.6 Å². The summed E-state index contributed by atoms with van der Waals surface area (Å²) in [6.07, 6.45) is 1.98. The molecule has 0 N–H and O–H groups in total. The lowest BCUT2D eigenvalue weighted by Gasteiger charge is -2.30. The standard InChI is InChI=1S/C23H17ClN2OS/c24-22-12-11-21(28-22)19-14-17(16-8-2-3-9-18(16)25-19)23(27)26-13-5-7-15-6-1-4-10-20(15)26/h1-4,6,8-12,14H,5,7,13H2. The van der Waals surface area contributed by atoms with Crippen LogP contribution >= 0.6 is 22.9 Å². The van der Waals surface area contributed by atoms with Crippen LogP contribution in [0.2, 0.25) is 4.34 Å². The van der Waals surface area contributed by atoms with Crippen LogP contribution in [0.15, 0.2) is 66.7 Å². The van der Waals surface area contributed by atoms with E-state index in [1.165, 1.54) is 16.9 Å². The van der Waals surface area contributed by atoms with E-state index in [0.29, 0.717) is 9.90 Å². The van der Waals surface area contributed by atoms with Crippen molar-refractivity contribution in [2.45, 2.75) is 12.8 Å². The quantitative estimate of drug-likeness (QED) is 0.398. The Balaban J connectivity index is 1.67. The summed E-state index contributed by atoms with van der Waals surface area (Å²) in [7, 11) is 0. The van der Waals surface area contributed by atoms with Gasteiger partial charge < -0.3 is 4.90 Å². The molecule has 138 valence electrons. The zero-order valence-electron chi connectivity index (χ0n) is 15.1. The normalized spacial score (nSPS) is 13.5. The Labute approximate surface area is 172 Å². The first-order valence-corrected chi connectivity index (χ1v) is 10.5. The molecule has 28 heavy (non-hydrogen) atoms. The van der Waals surface area contributed by atoms with Gasteiger partial charge in [0.05, 0.1) is 26.0 Å². The fourth-order valence-electron chi connectivity index (χ4n) is 3.82. The van der Waals surface area contributed by atoms with Gasteiger partial charge in [0.25, 0.3) is 5.91 Å². The average molecular weight is 405 g/mol. The Bertz CT molecular complexity index is 1200. The van der Waals surface area contributed by atoms with Crippen LogP contribution in [0, 0.1) is 0 Å². The number of benzene rings is 2. The topological polar surface area (TPSA) is 33.2 Å². The van der Waals surface area contributed by atoms with E-state index in [4.69, 9.17) is 16.6 Å². The predicted molar refractivity (Wildman–Crippen MR) is 117 cm³/mol. The Morgan fingerprint density at radius 2 is 1.86 bits per heavy atom. The largest absolute Gasteiger partial charge is 0.308 e. The number of aromatic nitrogens is 1. The number of halogens is 1. The first kappa shape index (κ1) is 17.4. The molecule has 3 heterocycles. The number of anilines is 1. The Morgan fingerprint density at radius 1 is 1.04 bits per heavy atom. The number of nitrogens with zero attached hydrogens (tertiary/aromatic N) is 2. The molecule has 1 aliphatic rings. The SMILES string of the molecule is O=C(c1cc(-c2ccc(Cl)s2)nc2ccccc12)N1CCCc2ccccc21. The van der Waals surface area contributed by atoms with Crippen molar-refractivity contribution in [2.75, 3.05) is 11.4 Å². The molecular formula is C23H17ClN2OS. The molecule has 4 aromatic rings. The number of carbonyl (C=O) groups excluding carboxylic acids is 1. The first-order valence-electron chi connectivity index (χ1n) is 9.26. The fourth-order valence-corrected chi connectivity index (χ4v) is 4.82. The Kier molecular flexibility index (Phi) is 4.38. The number of hydrogen-bond acceptors (Lipinski definition) is 3. The van der Waals surface area contributed by atoms with Gasteiger partial charge in [0.2, 0.25) is 0 Å². The zero-order chi connectivity index (χ0) is 19.1.